The highest BCUT2D eigenvalue weighted by molar-refractivity contribution is 7.16. The molecule has 0 aliphatic carbocycles. The topological polar surface area (TPSA) is 72.0 Å². The van der Waals surface area contributed by atoms with Crippen LogP contribution in [0.15, 0.2) is 0 Å². The van der Waals surface area contributed by atoms with Crippen molar-refractivity contribution in [3.8, 4) is 0 Å². The van der Waals surface area contributed by atoms with Gasteiger partial charge in [0.2, 0.25) is 0 Å². The zero-order valence-electron chi connectivity index (χ0n) is 7.42. The van der Waals surface area contributed by atoms with Gasteiger partial charge in [-0.15, -0.1) is 0 Å². The molecule has 3 N–H and O–H groups in total. The van der Waals surface area contributed by atoms with Crippen LogP contribution in [0.3, 0.4) is 0 Å². The molecule has 0 rings (SSSR count). The van der Waals surface area contributed by atoms with Crippen LogP contribution in [0.1, 0.15) is 20.8 Å². The zero-order valence-corrected chi connectivity index (χ0v) is 8.42. The lowest BCUT2D eigenvalue weighted by Crippen LogP contribution is -2.21. The quantitative estimate of drug-likeness (QED) is 0.647. The van der Waals surface area contributed by atoms with E-state index in [4.69, 9.17) is 9.46 Å². The molecule has 0 spiro atoms. The number of hydrogen-bond donors (Lipinski definition) is 1. The minimum Gasteiger partial charge on any atom is -0.412 e. The molecule has 0 saturated heterocycles. The van der Waals surface area contributed by atoms with Crippen molar-refractivity contribution >= 4 is 8.69 Å². The fourth-order valence-corrected chi connectivity index (χ4v) is 0.671. The summed E-state index contributed by atoms with van der Waals surface area (Å²) < 4.78 is 8.51. The molecule has 11 heavy (non-hydrogen) atoms. The fraction of sp³-hybridized carbons (Fsp3) is 1.00. The summed E-state index contributed by atoms with van der Waals surface area (Å²) in [6.45, 7) is 10.1. The Kier molecular flexibility index (Phi) is 25.8. The second-order valence-corrected chi connectivity index (χ2v) is 1.89. The van der Waals surface area contributed by atoms with E-state index in [9.17, 15) is 0 Å². The van der Waals surface area contributed by atoms with E-state index in [0.717, 1.165) is 0 Å². The van der Waals surface area contributed by atoms with Gasteiger partial charge in [-0.3, -0.25) is 0 Å². The van der Waals surface area contributed by atoms with Crippen LogP contribution < -0.4 is 0 Å². The van der Waals surface area contributed by atoms with Crippen molar-refractivity contribution in [1.29, 1.82) is 0 Å². The molecular formula is C6H19NO3P+. The Hall–Kier alpha value is -0.0200. The van der Waals surface area contributed by atoms with E-state index < -0.39 is 8.69 Å². The number of hydrogen-bond acceptors (Lipinski definition) is 2. The maximum atomic E-state index is 8.51. The lowest BCUT2D eigenvalue weighted by Gasteiger charge is -2.13. The Morgan fingerprint density at radius 1 is 1.18 bits per heavy atom. The summed E-state index contributed by atoms with van der Waals surface area (Å²) in [5.41, 5.74) is 0. The summed E-state index contributed by atoms with van der Waals surface area (Å²) in [4.78, 5) is 9.42. The largest absolute Gasteiger partial charge is 0.491 e. The predicted molar refractivity (Wildman–Crippen MR) is 48.3 cm³/mol. The van der Waals surface area contributed by atoms with E-state index in [1.54, 1.807) is 0 Å². The number of nitrogens with zero attached hydrogens (tertiary/aromatic N) is 1. The highest BCUT2D eigenvalue weighted by atomic mass is 31.1. The average molecular weight is 184 g/mol. The molecule has 0 aliphatic heterocycles. The first-order chi connectivity index (χ1) is 4.76. The summed E-state index contributed by atoms with van der Waals surface area (Å²) in [5, 5.41) is 0. The molecule has 4 nitrogen and oxygen atoms in total. The Labute approximate surface area is 69.8 Å². The minimum absolute atomic E-state index is 0. The van der Waals surface area contributed by atoms with Gasteiger partial charge in [-0.2, -0.15) is 4.89 Å². The highest BCUT2D eigenvalue weighted by Crippen LogP contribution is 1.81. The first-order valence-electron chi connectivity index (χ1n) is 3.50. The van der Waals surface area contributed by atoms with Crippen LogP contribution in [-0.2, 0) is 4.57 Å². The molecule has 0 aromatic heterocycles. The number of rotatable bonds is 3. The van der Waals surface area contributed by atoms with E-state index in [0.29, 0.717) is 0 Å². The van der Waals surface area contributed by atoms with Crippen molar-refractivity contribution in [2.45, 2.75) is 20.8 Å². The van der Waals surface area contributed by atoms with E-state index in [1.807, 2.05) is 0 Å². The summed E-state index contributed by atoms with van der Waals surface area (Å²) in [7, 11) is -1.17. The van der Waals surface area contributed by atoms with Crippen LogP contribution in [-0.4, -0.2) is 34.9 Å². The second kappa shape index (κ2) is 16.5. The molecule has 0 heterocycles. The molecule has 0 amide bonds. The van der Waals surface area contributed by atoms with E-state index in [-0.39, 0.29) is 5.48 Å². The van der Waals surface area contributed by atoms with Crippen molar-refractivity contribution in [3.63, 3.8) is 0 Å². The monoisotopic (exact) mass is 184 g/mol. The Morgan fingerprint density at radius 2 is 1.36 bits per heavy atom. The Balaban J connectivity index is -0.000000140. The predicted octanol–water partition coefficient (Wildman–Crippen LogP) is 0.441. The average Bonchev–Trinajstić information content (AvgIpc) is 1.93. The maximum absolute atomic E-state index is 8.51. The molecule has 0 aromatic carbocycles. The molecule has 70 valence electrons. The highest BCUT2D eigenvalue weighted by Gasteiger charge is 1.89. The van der Waals surface area contributed by atoms with Crippen molar-refractivity contribution < 1.29 is 14.9 Å². The second-order valence-electron chi connectivity index (χ2n) is 1.71. The molecule has 0 radical (unpaired) electrons. The van der Waals surface area contributed by atoms with Gasteiger partial charge < -0.3 is 10.4 Å². The van der Waals surface area contributed by atoms with E-state index in [1.165, 1.54) is 19.6 Å². The minimum atomic E-state index is -1.17. The van der Waals surface area contributed by atoms with Gasteiger partial charge in [-0.05, 0) is 24.2 Å². The smallest absolute Gasteiger partial charge is 0.412 e. The van der Waals surface area contributed by atoms with Crippen molar-refractivity contribution in [3.05, 3.63) is 0 Å². The third-order valence-electron chi connectivity index (χ3n) is 1.34. The molecule has 0 saturated carbocycles. The van der Waals surface area contributed by atoms with Crippen LogP contribution in [0, 0.1) is 0 Å². The lowest BCUT2D eigenvalue weighted by molar-refractivity contribution is 0.321. The SMILES string of the molecule is CCN(CC)CC.O.O=[PH+]O. The van der Waals surface area contributed by atoms with Crippen molar-refractivity contribution in [2.75, 3.05) is 19.6 Å². The van der Waals surface area contributed by atoms with E-state index in [2.05, 4.69) is 25.7 Å². The Bertz CT molecular complexity index is 63.3. The molecular weight excluding hydrogens is 165 g/mol. The van der Waals surface area contributed by atoms with Gasteiger partial charge in [0.05, 0.1) is 0 Å². The molecule has 1 atom stereocenters. The van der Waals surface area contributed by atoms with Gasteiger partial charge in [-0.1, -0.05) is 20.8 Å². The first-order valence-corrected chi connectivity index (χ1v) is 4.35. The maximum Gasteiger partial charge on any atom is 0.491 e. The molecule has 0 aromatic rings. The fourth-order valence-electron chi connectivity index (χ4n) is 0.671. The van der Waals surface area contributed by atoms with Gasteiger partial charge in [0.25, 0.3) is 0 Å². The molecule has 0 fully saturated rings. The van der Waals surface area contributed by atoms with Gasteiger partial charge in [0.15, 0.2) is 0 Å². The van der Waals surface area contributed by atoms with Crippen LogP contribution in [0.5, 0.6) is 0 Å². The normalized spacial score (nSPS) is 8.45. The zero-order chi connectivity index (χ0) is 8.41. The van der Waals surface area contributed by atoms with Crippen LogP contribution in [0.25, 0.3) is 0 Å². The van der Waals surface area contributed by atoms with Gasteiger partial charge in [0, 0.05) is 0 Å². The summed E-state index contributed by atoms with van der Waals surface area (Å²) in [5.74, 6) is 0. The summed E-state index contributed by atoms with van der Waals surface area (Å²) in [6.07, 6.45) is 0. The molecule has 0 aliphatic rings. The third kappa shape index (κ3) is 17.8. The van der Waals surface area contributed by atoms with Gasteiger partial charge in [-0.25, -0.2) is 0 Å². The molecule has 5 heteroatoms. The van der Waals surface area contributed by atoms with Crippen molar-refractivity contribution in [1.82, 2.24) is 4.90 Å². The molecule has 1 unspecified atom stereocenters. The summed E-state index contributed by atoms with van der Waals surface area (Å²) >= 11 is 0. The van der Waals surface area contributed by atoms with Crippen LogP contribution in [0.2, 0.25) is 0 Å². The van der Waals surface area contributed by atoms with Crippen molar-refractivity contribution in [2.24, 2.45) is 0 Å². The van der Waals surface area contributed by atoms with Gasteiger partial charge in [0.1, 0.15) is 0 Å². The molecule has 0 bridgehead atoms. The third-order valence-corrected chi connectivity index (χ3v) is 1.34. The van der Waals surface area contributed by atoms with Gasteiger partial charge >= 0.3 is 8.69 Å². The lowest BCUT2D eigenvalue weighted by atomic mass is 10.5. The standard InChI is InChI=1S/C6H15N.HO2P.H2O/c1-4-7(5-2)6-3;1-3-2;/h4-6H2,1-3H3;3H;1H2/p+1. The first kappa shape index (κ1) is 17.2. The summed E-state index contributed by atoms with van der Waals surface area (Å²) in [6, 6.07) is 0. The van der Waals surface area contributed by atoms with Crippen LogP contribution in [0.4, 0.5) is 0 Å². The van der Waals surface area contributed by atoms with Crippen LogP contribution >= 0.6 is 8.69 Å². The van der Waals surface area contributed by atoms with E-state index >= 15 is 0 Å². The Morgan fingerprint density at radius 3 is 1.36 bits per heavy atom.